The van der Waals surface area contributed by atoms with E-state index in [1.54, 1.807) is 12.1 Å². The summed E-state index contributed by atoms with van der Waals surface area (Å²) in [4.78, 5) is 13.5. The number of nitrogens with zero attached hydrogens (tertiary/aromatic N) is 3. The molecule has 1 aliphatic heterocycles. The van der Waals surface area contributed by atoms with Crippen LogP contribution >= 0.6 is 0 Å². The quantitative estimate of drug-likeness (QED) is 0.570. The molecule has 6 nitrogen and oxygen atoms in total. The normalized spacial score (nSPS) is 12.4. The van der Waals surface area contributed by atoms with Crippen LogP contribution < -0.4 is 16.0 Å². The maximum atomic E-state index is 13.1. The highest BCUT2D eigenvalue weighted by atomic mass is 19.1. The van der Waals surface area contributed by atoms with Crippen molar-refractivity contribution in [3.05, 3.63) is 65.2 Å². The molecule has 0 spiro atoms. The maximum Gasteiger partial charge on any atom is 0.232 e. The molecule has 2 aromatic carbocycles. The SMILES string of the molecule is CCCc1nc(NCc2ccc(F)cc2)nc(Nc2ccc3c(c2)NCC3)n1. The van der Waals surface area contributed by atoms with Crippen LogP contribution in [-0.4, -0.2) is 21.5 Å². The Balaban J connectivity index is 1.52. The van der Waals surface area contributed by atoms with Gasteiger partial charge in [-0.25, -0.2) is 4.39 Å². The molecule has 0 saturated heterocycles. The number of aryl methyl sites for hydroxylation is 1. The van der Waals surface area contributed by atoms with Crippen molar-refractivity contribution in [1.29, 1.82) is 0 Å². The highest BCUT2D eigenvalue weighted by Crippen LogP contribution is 2.27. The fourth-order valence-electron chi connectivity index (χ4n) is 3.17. The fourth-order valence-corrected chi connectivity index (χ4v) is 3.17. The largest absolute Gasteiger partial charge is 0.384 e. The van der Waals surface area contributed by atoms with E-state index in [0.29, 0.717) is 18.4 Å². The Morgan fingerprint density at radius 2 is 1.86 bits per heavy atom. The second kappa shape index (κ2) is 8.21. The van der Waals surface area contributed by atoms with Gasteiger partial charge in [-0.05, 0) is 48.2 Å². The average molecular weight is 378 g/mol. The van der Waals surface area contributed by atoms with Crippen LogP contribution in [0.4, 0.5) is 27.7 Å². The van der Waals surface area contributed by atoms with Crippen molar-refractivity contribution in [1.82, 2.24) is 15.0 Å². The minimum atomic E-state index is -0.246. The highest BCUT2D eigenvalue weighted by molar-refractivity contribution is 5.66. The van der Waals surface area contributed by atoms with E-state index in [1.165, 1.54) is 17.7 Å². The summed E-state index contributed by atoms with van der Waals surface area (Å²) in [5, 5.41) is 9.88. The molecule has 0 radical (unpaired) electrons. The van der Waals surface area contributed by atoms with E-state index < -0.39 is 0 Å². The molecule has 0 unspecified atom stereocenters. The van der Waals surface area contributed by atoms with Crippen molar-refractivity contribution < 1.29 is 4.39 Å². The van der Waals surface area contributed by atoms with Gasteiger partial charge in [0.2, 0.25) is 11.9 Å². The minimum absolute atomic E-state index is 0.246. The zero-order valence-corrected chi connectivity index (χ0v) is 15.8. The molecule has 0 bridgehead atoms. The standard InChI is InChI=1S/C21H23FN6/c1-2-3-19-26-20(24-13-14-4-7-16(22)8-5-14)28-21(27-19)25-17-9-6-15-10-11-23-18(15)12-17/h4-9,12,23H,2-3,10-11,13H2,1H3,(H2,24,25,26,27,28). The maximum absolute atomic E-state index is 13.1. The first-order valence-corrected chi connectivity index (χ1v) is 9.56. The summed E-state index contributed by atoms with van der Waals surface area (Å²) < 4.78 is 13.1. The van der Waals surface area contributed by atoms with Gasteiger partial charge in [-0.3, -0.25) is 0 Å². The molecule has 0 amide bonds. The van der Waals surface area contributed by atoms with Gasteiger partial charge in [-0.2, -0.15) is 15.0 Å². The first-order chi connectivity index (χ1) is 13.7. The Labute approximate surface area is 163 Å². The van der Waals surface area contributed by atoms with Gasteiger partial charge in [0.05, 0.1) is 0 Å². The predicted molar refractivity (Wildman–Crippen MR) is 109 cm³/mol. The summed E-state index contributed by atoms with van der Waals surface area (Å²) in [7, 11) is 0. The molecule has 0 atom stereocenters. The van der Waals surface area contributed by atoms with E-state index in [9.17, 15) is 4.39 Å². The minimum Gasteiger partial charge on any atom is -0.384 e. The van der Waals surface area contributed by atoms with Gasteiger partial charge in [0.15, 0.2) is 0 Å². The van der Waals surface area contributed by atoms with E-state index in [1.807, 2.05) is 6.07 Å². The zero-order chi connectivity index (χ0) is 19.3. The molecule has 144 valence electrons. The lowest BCUT2D eigenvalue weighted by atomic mass is 10.1. The van der Waals surface area contributed by atoms with Crippen LogP contribution in [-0.2, 0) is 19.4 Å². The zero-order valence-electron chi connectivity index (χ0n) is 15.8. The van der Waals surface area contributed by atoms with E-state index in [-0.39, 0.29) is 5.82 Å². The first kappa shape index (κ1) is 18.2. The Morgan fingerprint density at radius 3 is 2.68 bits per heavy atom. The van der Waals surface area contributed by atoms with Gasteiger partial charge in [0.1, 0.15) is 11.6 Å². The third-order valence-corrected chi connectivity index (χ3v) is 4.60. The molecule has 28 heavy (non-hydrogen) atoms. The number of nitrogens with one attached hydrogen (secondary N) is 3. The Bertz CT molecular complexity index is 958. The number of hydrogen-bond donors (Lipinski definition) is 3. The third kappa shape index (κ3) is 4.36. The predicted octanol–water partition coefficient (Wildman–Crippen LogP) is 4.29. The monoisotopic (exact) mass is 378 g/mol. The molecule has 3 N–H and O–H groups in total. The molecule has 1 aliphatic rings. The lowest BCUT2D eigenvalue weighted by Crippen LogP contribution is -2.10. The van der Waals surface area contributed by atoms with E-state index in [0.717, 1.165) is 48.6 Å². The topological polar surface area (TPSA) is 74.8 Å². The average Bonchev–Trinajstić information content (AvgIpc) is 3.16. The number of rotatable bonds is 7. The summed E-state index contributed by atoms with van der Waals surface area (Å²) in [6.45, 7) is 3.58. The van der Waals surface area contributed by atoms with Crippen molar-refractivity contribution in [3.8, 4) is 0 Å². The highest BCUT2D eigenvalue weighted by Gasteiger charge is 2.11. The van der Waals surface area contributed by atoms with Crippen molar-refractivity contribution in [3.63, 3.8) is 0 Å². The molecule has 0 fully saturated rings. The van der Waals surface area contributed by atoms with Gasteiger partial charge in [-0.1, -0.05) is 25.1 Å². The molecule has 0 saturated carbocycles. The third-order valence-electron chi connectivity index (χ3n) is 4.60. The molecule has 3 aromatic rings. The van der Waals surface area contributed by atoms with Crippen molar-refractivity contribution in [2.24, 2.45) is 0 Å². The lowest BCUT2D eigenvalue weighted by molar-refractivity contribution is 0.627. The smallest absolute Gasteiger partial charge is 0.232 e. The summed E-state index contributed by atoms with van der Waals surface area (Å²) in [6.07, 6.45) is 2.78. The number of fused-ring (bicyclic) bond motifs is 1. The summed E-state index contributed by atoms with van der Waals surface area (Å²) in [5.41, 5.74) is 4.38. The van der Waals surface area contributed by atoms with Crippen LogP contribution in [0.5, 0.6) is 0 Å². The molecular weight excluding hydrogens is 355 g/mol. The van der Waals surface area contributed by atoms with Gasteiger partial charge in [0, 0.05) is 30.9 Å². The van der Waals surface area contributed by atoms with Crippen molar-refractivity contribution in [2.45, 2.75) is 32.7 Å². The number of aromatic nitrogens is 3. The first-order valence-electron chi connectivity index (χ1n) is 9.56. The van der Waals surface area contributed by atoms with E-state index in [2.05, 4.69) is 50.0 Å². The van der Waals surface area contributed by atoms with E-state index >= 15 is 0 Å². The van der Waals surface area contributed by atoms with Crippen LogP contribution in [0, 0.1) is 5.82 Å². The van der Waals surface area contributed by atoms with Crippen LogP contribution in [0.2, 0.25) is 0 Å². The van der Waals surface area contributed by atoms with E-state index in [4.69, 9.17) is 0 Å². The molecule has 7 heteroatoms. The van der Waals surface area contributed by atoms with Gasteiger partial charge in [0.25, 0.3) is 0 Å². The second-order valence-corrected chi connectivity index (χ2v) is 6.80. The van der Waals surface area contributed by atoms with Crippen LogP contribution in [0.1, 0.15) is 30.3 Å². The molecule has 1 aromatic heterocycles. The number of hydrogen-bond acceptors (Lipinski definition) is 6. The lowest BCUT2D eigenvalue weighted by Gasteiger charge is -2.11. The Hall–Kier alpha value is -3.22. The Morgan fingerprint density at radius 1 is 1.04 bits per heavy atom. The van der Waals surface area contributed by atoms with Crippen molar-refractivity contribution >= 4 is 23.3 Å². The van der Waals surface area contributed by atoms with Crippen molar-refractivity contribution in [2.75, 3.05) is 22.5 Å². The van der Waals surface area contributed by atoms with Gasteiger partial charge in [-0.15, -0.1) is 0 Å². The summed E-state index contributed by atoms with van der Waals surface area (Å²) >= 11 is 0. The molecule has 0 aliphatic carbocycles. The number of anilines is 4. The second-order valence-electron chi connectivity index (χ2n) is 6.80. The van der Waals surface area contributed by atoms with Crippen LogP contribution in [0.25, 0.3) is 0 Å². The number of halogens is 1. The number of benzene rings is 2. The van der Waals surface area contributed by atoms with Crippen LogP contribution in [0.3, 0.4) is 0 Å². The Kier molecular flexibility index (Phi) is 5.32. The van der Waals surface area contributed by atoms with Gasteiger partial charge < -0.3 is 16.0 Å². The fraction of sp³-hybridized carbons (Fsp3) is 0.286. The molecule has 2 heterocycles. The summed E-state index contributed by atoms with van der Waals surface area (Å²) in [6, 6.07) is 12.6. The molecule has 4 rings (SSSR count). The van der Waals surface area contributed by atoms with Crippen LogP contribution in [0.15, 0.2) is 42.5 Å². The summed E-state index contributed by atoms with van der Waals surface area (Å²) in [5.74, 6) is 1.51. The molecular formula is C21H23FN6. The van der Waals surface area contributed by atoms with Gasteiger partial charge >= 0.3 is 0 Å².